The summed E-state index contributed by atoms with van der Waals surface area (Å²) in [7, 11) is 0. The van der Waals surface area contributed by atoms with Gasteiger partial charge in [-0.15, -0.1) is 11.3 Å². The van der Waals surface area contributed by atoms with Crippen molar-refractivity contribution in [2.75, 3.05) is 6.54 Å². The van der Waals surface area contributed by atoms with Crippen LogP contribution in [-0.4, -0.2) is 22.9 Å². The van der Waals surface area contributed by atoms with Crippen LogP contribution >= 0.6 is 11.3 Å². The lowest BCUT2D eigenvalue weighted by Gasteiger charge is -2.23. The lowest BCUT2D eigenvalue weighted by atomic mass is 10.2. The van der Waals surface area contributed by atoms with E-state index < -0.39 is 0 Å². The van der Waals surface area contributed by atoms with Gasteiger partial charge in [0, 0.05) is 16.3 Å². The first-order valence-corrected chi connectivity index (χ1v) is 7.63. The van der Waals surface area contributed by atoms with Gasteiger partial charge >= 0.3 is 0 Å². The van der Waals surface area contributed by atoms with Crippen LogP contribution in [0.2, 0.25) is 0 Å². The molecule has 1 aliphatic carbocycles. The number of nitrogens with zero attached hydrogens (tertiary/aromatic N) is 1. The van der Waals surface area contributed by atoms with Crippen molar-refractivity contribution in [3.8, 4) is 0 Å². The van der Waals surface area contributed by atoms with E-state index >= 15 is 0 Å². The van der Waals surface area contributed by atoms with Crippen molar-refractivity contribution in [2.45, 2.75) is 51.2 Å². The number of aryl methyl sites for hydroxylation is 1. The Morgan fingerprint density at radius 2 is 2.28 bits per heavy atom. The fourth-order valence-electron chi connectivity index (χ4n) is 2.66. The minimum absolute atomic E-state index is 0.116. The number of hydrogen-bond donors (Lipinski definition) is 1. The molecule has 3 rings (SSSR count). The lowest BCUT2D eigenvalue weighted by molar-refractivity contribution is -0.130. The zero-order valence-corrected chi connectivity index (χ0v) is 11.8. The van der Waals surface area contributed by atoms with Crippen molar-refractivity contribution in [1.82, 2.24) is 10.2 Å². The summed E-state index contributed by atoms with van der Waals surface area (Å²) in [6.07, 6.45) is 4.35. The van der Waals surface area contributed by atoms with E-state index in [1.807, 2.05) is 0 Å². The molecule has 1 saturated heterocycles. The van der Waals surface area contributed by atoms with Crippen molar-refractivity contribution in [1.29, 1.82) is 0 Å². The van der Waals surface area contributed by atoms with Crippen molar-refractivity contribution < 1.29 is 4.79 Å². The molecule has 1 amide bonds. The van der Waals surface area contributed by atoms with Gasteiger partial charge in [-0.25, -0.2) is 0 Å². The van der Waals surface area contributed by atoms with Crippen molar-refractivity contribution in [2.24, 2.45) is 0 Å². The van der Waals surface area contributed by atoms with Gasteiger partial charge in [0.25, 0.3) is 0 Å². The molecule has 1 N–H and O–H groups in total. The number of thiophene rings is 1. The quantitative estimate of drug-likeness (QED) is 0.907. The number of hydrogen-bond acceptors (Lipinski definition) is 3. The fourth-order valence-corrected chi connectivity index (χ4v) is 3.60. The summed E-state index contributed by atoms with van der Waals surface area (Å²) in [6.45, 7) is 5.17. The fraction of sp³-hybridized carbons (Fsp3) is 0.643. The van der Waals surface area contributed by atoms with Crippen LogP contribution < -0.4 is 5.32 Å². The van der Waals surface area contributed by atoms with Crippen LogP contribution in [0.4, 0.5) is 0 Å². The highest BCUT2D eigenvalue weighted by Crippen LogP contribution is 2.46. The first-order valence-electron chi connectivity index (χ1n) is 6.81. The van der Waals surface area contributed by atoms with E-state index in [2.05, 4.69) is 36.2 Å². The zero-order chi connectivity index (χ0) is 12.8. The van der Waals surface area contributed by atoms with Crippen LogP contribution in [0.25, 0.3) is 0 Å². The Kier molecular flexibility index (Phi) is 2.94. The van der Waals surface area contributed by atoms with E-state index in [0.717, 1.165) is 32.2 Å². The Hall–Kier alpha value is -0.870. The van der Waals surface area contributed by atoms with E-state index in [4.69, 9.17) is 0 Å². The molecule has 1 saturated carbocycles. The highest BCUT2D eigenvalue weighted by atomic mass is 32.1. The molecule has 0 aromatic carbocycles. The van der Waals surface area contributed by atoms with Gasteiger partial charge in [-0.1, -0.05) is 13.3 Å². The summed E-state index contributed by atoms with van der Waals surface area (Å²) in [6, 6.07) is 4.30. The van der Waals surface area contributed by atoms with E-state index in [9.17, 15) is 4.79 Å². The maximum absolute atomic E-state index is 12.5. The number of rotatable bonds is 4. The second-order valence-corrected chi connectivity index (χ2v) is 6.75. The van der Waals surface area contributed by atoms with E-state index in [1.165, 1.54) is 9.75 Å². The SMILES string of the molecule is CCCCN1C(=O)C2(CC2)NC1c1ccc(C)s1. The molecule has 18 heavy (non-hydrogen) atoms. The Labute approximate surface area is 112 Å². The van der Waals surface area contributed by atoms with Crippen LogP contribution in [0, 0.1) is 6.92 Å². The third-order valence-corrected chi connectivity index (χ3v) is 4.98. The van der Waals surface area contributed by atoms with Gasteiger partial charge in [0.1, 0.15) is 11.7 Å². The maximum Gasteiger partial charge on any atom is 0.244 e. The summed E-state index contributed by atoms with van der Waals surface area (Å²) in [5, 5.41) is 3.57. The Morgan fingerprint density at radius 3 is 2.83 bits per heavy atom. The second kappa shape index (κ2) is 4.35. The van der Waals surface area contributed by atoms with E-state index in [1.54, 1.807) is 11.3 Å². The first-order chi connectivity index (χ1) is 8.66. The van der Waals surface area contributed by atoms with Gasteiger partial charge in [-0.3, -0.25) is 10.1 Å². The summed E-state index contributed by atoms with van der Waals surface area (Å²) < 4.78 is 0. The molecule has 4 heteroatoms. The number of carbonyl (C=O) groups is 1. The molecule has 1 spiro atoms. The van der Waals surface area contributed by atoms with Crippen LogP contribution in [0.1, 0.15) is 48.5 Å². The molecule has 1 aliphatic heterocycles. The van der Waals surface area contributed by atoms with Gasteiger partial charge in [-0.2, -0.15) is 0 Å². The smallest absolute Gasteiger partial charge is 0.244 e. The number of amides is 1. The monoisotopic (exact) mass is 264 g/mol. The van der Waals surface area contributed by atoms with Crippen LogP contribution in [0.3, 0.4) is 0 Å². The standard InChI is InChI=1S/C14H20N2OS/c1-3-4-9-16-12(11-6-5-10(2)18-11)15-14(7-8-14)13(16)17/h5-6,12,15H,3-4,7-9H2,1-2H3. The molecule has 2 fully saturated rings. The third kappa shape index (κ3) is 1.88. The molecule has 2 heterocycles. The highest BCUT2D eigenvalue weighted by Gasteiger charge is 2.59. The van der Waals surface area contributed by atoms with E-state index in [0.29, 0.717) is 5.91 Å². The van der Waals surface area contributed by atoms with Crippen LogP contribution in [0.5, 0.6) is 0 Å². The largest absolute Gasteiger partial charge is 0.320 e. The second-order valence-electron chi connectivity index (χ2n) is 5.43. The normalized spacial score (nSPS) is 25.1. The number of nitrogens with one attached hydrogen (secondary N) is 1. The Bertz CT molecular complexity index is 464. The molecule has 0 radical (unpaired) electrons. The summed E-state index contributed by atoms with van der Waals surface area (Å²) in [4.78, 5) is 17.1. The molecule has 1 aromatic rings. The van der Waals surface area contributed by atoms with Crippen LogP contribution in [-0.2, 0) is 4.79 Å². The summed E-state index contributed by atoms with van der Waals surface area (Å²) in [5.41, 5.74) is -0.198. The van der Waals surface area contributed by atoms with Gasteiger partial charge in [0.2, 0.25) is 5.91 Å². The number of carbonyl (C=O) groups excluding carboxylic acids is 1. The third-order valence-electron chi connectivity index (χ3n) is 3.93. The average molecular weight is 264 g/mol. The van der Waals surface area contributed by atoms with E-state index in [-0.39, 0.29) is 11.7 Å². The van der Waals surface area contributed by atoms with Gasteiger partial charge in [0.15, 0.2) is 0 Å². The lowest BCUT2D eigenvalue weighted by Crippen LogP contribution is -2.32. The molecule has 2 aliphatic rings. The zero-order valence-electron chi connectivity index (χ0n) is 11.0. The Balaban J connectivity index is 1.84. The summed E-state index contributed by atoms with van der Waals surface area (Å²) in [5.74, 6) is 0.326. The topological polar surface area (TPSA) is 32.3 Å². The Morgan fingerprint density at radius 1 is 1.50 bits per heavy atom. The molecule has 3 nitrogen and oxygen atoms in total. The van der Waals surface area contributed by atoms with Crippen molar-refractivity contribution >= 4 is 17.2 Å². The predicted molar refractivity (Wildman–Crippen MR) is 73.5 cm³/mol. The molecule has 1 unspecified atom stereocenters. The van der Waals surface area contributed by atoms with Gasteiger partial charge in [-0.05, 0) is 38.3 Å². The molecule has 1 atom stereocenters. The van der Waals surface area contributed by atoms with Crippen molar-refractivity contribution in [3.05, 3.63) is 21.9 Å². The molecular formula is C14H20N2OS. The average Bonchev–Trinajstić information content (AvgIpc) is 2.94. The molecular weight excluding hydrogens is 244 g/mol. The molecule has 1 aromatic heterocycles. The first kappa shape index (κ1) is 12.2. The van der Waals surface area contributed by atoms with Gasteiger partial charge < -0.3 is 4.90 Å². The number of unbranched alkanes of at least 4 members (excludes halogenated alkanes) is 1. The minimum atomic E-state index is -0.198. The highest BCUT2D eigenvalue weighted by molar-refractivity contribution is 7.12. The minimum Gasteiger partial charge on any atom is -0.320 e. The van der Waals surface area contributed by atoms with Crippen LogP contribution in [0.15, 0.2) is 12.1 Å². The van der Waals surface area contributed by atoms with Crippen molar-refractivity contribution in [3.63, 3.8) is 0 Å². The maximum atomic E-state index is 12.5. The molecule has 0 bridgehead atoms. The van der Waals surface area contributed by atoms with Gasteiger partial charge in [0.05, 0.1) is 0 Å². The molecule has 98 valence electrons. The predicted octanol–water partition coefficient (Wildman–Crippen LogP) is 2.82. The summed E-state index contributed by atoms with van der Waals surface area (Å²) >= 11 is 1.80.